The van der Waals surface area contributed by atoms with Crippen LogP contribution < -0.4 is 0 Å². The normalized spacial score (nSPS) is 14.7. The van der Waals surface area contributed by atoms with Crippen LogP contribution in [0.2, 0.25) is 0 Å². The first-order valence-corrected chi connectivity index (χ1v) is 41.9. The van der Waals surface area contributed by atoms with E-state index in [1.165, 1.54) is 186 Å². The average molecular weight is 1380 g/mol. The van der Waals surface area contributed by atoms with E-state index in [9.17, 15) is 43.2 Å². The van der Waals surface area contributed by atoms with Gasteiger partial charge in [0.15, 0.2) is 12.2 Å². The number of phosphoric ester groups is 2. The Labute approximate surface area is 575 Å². The Morgan fingerprint density at radius 3 is 0.809 bits per heavy atom. The minimum Gasteiger partial charge on any atom is -0.462 e. The highest BCUT2D eigenvalue weighted by molar-refractivity contribution is 7.47. The van der Waals surface area contributed by atoms with Gasteiger partial charge < -0.3 is 33.8 Å². The van der Waals surface area contributed by atoms with Crippen LogP contribution in [0.25, 0.3) is 0 Å². The molecule has 0 saturated carbocycles. The summed E-state index contributed by atoms with van der Waals surface area (Å²) < 4.78 is 68.5. The van der Waals surface area contributed by atoms with Crippen molar-refractivity contribution in [2.75, 3.05) is 39.6 Å². The van der Waals surface area contributed by atoms with Crippen LogP contribution >= 0.6 is 15.6 Å². The Kier molecular flexibility index (Phi) is 64.3. The van der Waals surface area contributed by atoms with Gasteiger partial charge in [-0.25, -0.2) is 9.13 Å². The van der Waals surface area contributed by atoms with Gasteiger partial charge in [-0.05, 0) is 43.4 Å². The first kappa shape index (κ1) is 92.1. The van der Waals surface area contributed by atoms with E-state index in [0.717, 1.165) is 114 Å². The standard InChI is InChI=1S/C75H146O17P2/c1-8-11-12-13-14-15-22-30-35-44-51-58-74(79)92-71(63-86-73(78)57-50-43-38-37-41-48-55-68(7)10-3)65-90-94(83,84)88-61-69(76)60-87-93(81,82)89-64-70(62-85-72(77)56-49-42-34-29-25-21-20-23-27-32-39-46-53-66(4)5)91-75(80)59-52-45-36-31-26-19-17-16-18-24-28-33-40-47-54-67(6)9-2/h66-71,76H,8-65H2,1-7H3,(H,81,82)(H,83,84)/t67?,68?,69-,70-,71-/m1/s1. The van der Waals surface area contributed by atoms with Crippen molar-refractivity contribution in [2.24, 2.45) is 17.8 Å². The Morgan fingerprint density at radius 1 is 0.309 bits per heavy atom. The van der Waals surface area contributed by atoms with E-state index in [1.54, 1.807) is 0 Å². The molecule has 4 unspecified atom stereocenters. The number of aliphatic hydroxyl groups excluding tert-OH is 1. The van der Waals surface area contributed by atoms with Crippen molar-refractivity contribution in [3.63, 3.8) is 0 Å². The van der Waals surface area contributed by atoms with Gasteiger partial charge in [0, 0.05) is 25.7 Å². The second-order valence-corrected chi connectivity index (χ2v) is 30.9. The Morgan fingerprint density at radius 2 is 0.543 bits per heavy atom. The van der Waals surface area contributed by atoms with E-state index in [0.29, 0.717) is 25.7 Å². The van der Waals surface area contributed by atoms with Gasteiger partial charge >= 0.3 is 39.5 Å². The minimum atomic E-state index is -4.96. The molecular formula is C75H146O17P2. The molecule has 0 spiro atoms. The summed E-state index contributed by atoms with van der Waals surface area (Å²) in [5.41, 5.74) is 0. The van der Waals surface area contributed by atoms with Gasteiger partial charge in [0.2, 0.25) is 0 Å². The predicted molar refractivity (Wildman–Crippen MR) is 381 cm³/mol. The van der Waals surface area contributed by atoms with Crippen molar-refractivity contribution in [3.8, 4) is 0 Å². The summed E-state index contributed by atoms with van der Waals surface area (Å²) in [6.45, 7) is 11.9. The van der Waals surface area contributed by atoms with Gasteiger partial charge in [0.1, 0.15) is 19.3 Å². The van der Waals surface area contributed by atoms with Crippen LogP contribution in [0.1, 0.15) is 382 Å². The zero-order valence-corrected chi connectivity index (χ0v) is 63.2. The molecule has 0 aromatic rings. The van der Waals surface area contributed by atoms with Crippen molar-refractivity contribution < 1.29 is 80.2 Å². The van der Waals surface area contributed by atoms with Crippen LogP contribution in [0, 0.1) is 17.8 Å². The molecule has 0 aliphatic rings. The monoisotopic (exact) mass is 1380 g/mol. The summed E-state index contributed by atoms with van der Waals surface area (Å²) in [5.74, 6) is 0.240. The van der Waals surface area contributed by atoms with Gasteiger partial charge in [-0.3, -0.25) is 37.3 Å². The number of hydrogen-bond donors (Lipinski definition) is 3. The fourth-order valence-electron chi connectivity index (χ4n) is 11.4. The number of rotatable bonds is 73. The predicted octanol–water partition coefficient (Wildman–Crippen LogP) is 21.8. The molecule has 0 aliphatic carbocycles. The number of esters is 4. The van der Waals surface area contributed by atoms with Crippen LogP contribution in [-0.2, 0) is 65.4 Å². The van der Waals surface area contributed by atoms with Gasteiger partial charge in [-0.2, -0.15) is 0 Å². The number of carbonyl (C=O) groups is 4. The highest BCUT2D eigenvalue weighted by atomic mass is 31.2. The van der Waals surface area contributed by atoms with Gasteiger partial charge in [-0.1, -0.05) is 331 Å². The molecule has 0 bridgehead atoms. The molecule has 3 N–H and O–H groups in total. The number of phosphoric acid groups is 2. The van der Waals surface area contributed by atoms with Crippen molar-refractivity contribution in [3.05, 3.63) is 0 Å². The van der Waals surface area contributed by atoms with Crippen molar-refractivity contribution >= 4 is 39.5 Å². The first-order valence-electron chi connectivity index (χ1n) is 38.9. The summed E-state index contributed by atoms with van der Waals surface area (Å²) in [6.07, 6.45) is 51.2. The van der Waals surface area contributed by atoms with Crippen LogP contribution in [0.4, 0.5) is 0 Å². The van der Waals surface area contributed by atoms with Gasteiger partial charge in [-0.15, -0.1) is 0 Å². The molecule has 558 valence electrons. The maximum atomic E-state index is 13.1. The molecular weight excluding hydrogens is 1230 g/mol. The summed E-state index contributed by atoms with van der Waals surface area (Å²) in [6, 6.07) is 0. The lowest BCUT2D eigenvalue weighted by Crippen LogP contribution is -2.30. The molecule has 17 nitrogen and oxygen atoms in total. The summed E-state index contributed by atoms with van der Waals surface area (Å²) in [5, 5.41) is 10.6. The Balaban J connectivity index is 5.24. The molecule has 0 aromatic heterocycles. The fraction of sp³-hybridized carbons (Fsp3) is 0.947. The molecule has 0 amide bonds. The molecule has 0 fully saturated rings. The maximum absolute atomic E-state index is 13.1. The van der Waals surface area contributed by atoms with Crippen molar-refractivity contribution in [2.45, 2.75) is 401 Å². The largest absolute Gasteiger partial charge is 0.472 e. The summed E-state index contributed by atoms with van der Waals surface area (Å²) in [7, 11) is -9.91. The first-order chi connectivity index (χ1) is 45.3. The number of carbonyl (C=O) groups excluding carboxylic acids is 4. The fourth-order valence-corrected chi connectivity index (χ4v) is 12.9. The molecule has 0 aromatic carbocycles. The van der Waals surface area contributed by atoms with Crippen LogP contribution in [0.5, 0.6) is 0 Å². The minimum absolute atomic E-state index is 0.106. The number of hydrogen-bond acceptors (Lipinski definition) is 15. The molecule has 0 saturated heterocycles. The van der Waals surface area contributed by atoms with E-state index in [2.05, 4.69) is 48.5 Å². The van der Waals surface area contributed by atoms with E-state index in [4.69, 9.17) is 37.0 Å². The third-order valence-electron chi connectivity index (χ3n) is 18.1. The number of aliphatic hydroxyl groups is 1. The van der Waals surface area contributed by atoms with Crippen LogP contribution in [-0.4, -0.2) is 96.7 Å². The lowest BCUT2D eigenvalue weighted by Gasteiger charge is -2.21. The second-order valence-electron chi connectivity index (χ2n) is 28.0. The lowest BCUT2D eigenvalue weighted by molar-refractivity contribution is -0.161. The highest BCUT2D eigenvalue weighted by Gasteiger charge is 2.30. The molecule has 7 atom stereocenters. The average Bonchev–Trinajstić information content (AvgIpc) is 2.33. The summed E-state index contributed by atoms with van der Waals surface area (Å²) >= 11 is 0. The molecule has 0 radical (unpaired) electrons. The summed E-state index contributed by atoms with van der Waals surface area (Å²) in [4.78, 5) is 72.7. The molecule has 0 rings (SSSR count). The zero-order chi connectivity index (χ0) is 69.4. The van der Waals surface area contributed by atoms with Crippen LogP contribution in [0.15, 0.2) is 0 Å². The van der Waals surface area contributed by atoms with Crippen molar-refractivity contribution in [1.82, 2.24) is 0 Å². The van der Waals surface area contributed by atoms with E-state index in [1.807, 2.05) is 0 Å². The van der Waals surface area contributed by atoms with Gasteiger partial charge in [0.05, 0.1) is 26.4 Å². The topological polar surface area (TPSA) is 237 Å². The van der Waals surface area contributed by atoms with E-state index < -0.39 is 97.5 Å². The third-order valence-corrected chi connectivity index (χ3v) is 20.0. The molecule has 19 heteroatoms. The third kappa shape index (κ3) is 66.0. The Bertz CT molecular complexity index is 1840. The molecule has 0 aliphatic heterocycles. The maximum Gasteiger partial charge on any atom is 0.472 e. The smallest absolute Gasteiger partial charge is 0.462 e. The zero-order valence-electron chi connectivity index (χ0n) is 61.4. The van der Waals surface area contributed by atoms with Crippen LogP contribution in [0.3, 0.4) is 0 Å². The SMILES string of the molecule is CCCCCCCCCCCCCC(=O)O[C@H](COC(=O)CCCCCCCCC(C)CC)COP(=O)(O)OC[C@H](O)COP(=O)(O)OC[C@@H](COC(=O)CCCCCCCCCCCCCCC(C)C)OC(=O)CCCCCCCCCCCCCCCCC(C)CC. The van der Waals surface area contributed by atoms with Gasteiger partial charge in [0.25, 0.3) is 0 Å². The highest BCUT2D eigenvalue weighted by Crippen LogP contribution is 2.45. The number of ether oxygens (including phenoxy) is 4. The Hall–Kier alpha value is -1.94. The molecule has 94 heavy (non-hydrogen) atoms. The van der Waals surface area contributed by atoms with Crippen molar-refractivity contribution in [1.29, 1.82) is 0 Å². The second kappa shape index (κ2) is 65.7. The quantitative estimate of drug-likeness (QED) is 0.0222. The molecule has 0 heterocycles. The number of unbranched alkanes of at least 4 members (excludes halogenated alkanes) is 39. The van der Waals surface area contributed by atoms with E-state index in [-0.39, 0.29) is 25.7 Å². The van der Waals surface area contributed by atoms with E-state index >= 15 is 0 Å². The lowest BCUT2D eigenvalue weighted by atomic mass is 9.99.